The van der Waals surface area contributed by atoms with Gasteiger partial charge in [-0.1, -0.05) is 5.16 Å². The van der Waals surface area contributed by atoms with E-state index in [9.17, 15) is 0 Å². The van der Waals surface area contributed by atoms with Crippen LogP contribution in [0.15, 0.2) is 16.8 Å². The van der Waals surface area contributed by atoms with E-state index in [0.29, 0.717) is 0 Å². The normalized spacial score (nSPS) is 10.5. The van der Waals surface area contributed by atoms with E-state index in [1.165, 1.54) is 18.6 Å². The Balaban J connectivity index is 1.90. The molecule has 1 heterocycles. The molecule has 74 valence electrons. The molecule has 0 saturated carbocycles. The van der Waals surface area contributed by atoms with Crippen LogP contribution in [0.5, 0.6) is 0 Å². The van der Waals surface area contributed by atoms with Crippen LogP contribution in [-0.4, -0.2) is 23.7 Å². The summed E-state index contributed by atoms with van der Waals surface area (Å²) in [5, 5.41) is 6.94. The highest BCUT2D eigenvalue weighted by molar-refractivity contribution is 7.98. The van der Waals surface area contributed by atoms with E-state index in [1.807, 2.05) is 17.8 Å². The average Bonchev–Trinajstić information content (AvgIpc) is 2.63. The molecule has 1 N–H and O–H groups in total. The van der Waals surface area contributed by atoms with Crippen LogP contribution in [0.2, 0.25) is 0 Å². The van der Waals surface area contributed by atoms with Gasteiger partial charge in [-0.25, -0.2) is 0 Å². The number of thioether (sulfide) groups is 1. The third kappa shape index (κ3) is 4.95. The molecule has 4 heteroatoms. The molecule has 0 saturated heterocycles. The zero-order chi connectivity index (χ0) is 9.36. The maximum absolute atomic E-state index is 4.94. The van der Waals surface area contributed by atoms with Crippen LogP contribution >= 0.6 is 11.8 Å². The largest absolute Gasteiger partial charge is 0.360 e. The summed E-state index contributed by atoms with van der Waals surface area (Å²) in [7, 11) is 0. The molecule has 0 radical (unpaired) electrons. The second-order valence-corrected chi connectivity index (χ2v) is 3.84. The van der Waals surface area contributed by atoms with Gasteiger partial charge in [-0.3, -0.25) is 0 Å². The van der Waals surface area contributed by atoms with Crippen molar-refractivity contribution in [2.75, 3.05) is 18.6 Å². The number of hydrogen-bond acceptors (Lipinski definition) is 4. The van der Waals surface area contributed by atoms with Crippen LogP contribution in [0, 0.1) is 0 Å². The minimum atomic E-state index is 0.791. The van der Waals surface area contributed by atoms with Gasteiger partial charge in [-0.2, -0.15) is 11.8 Å². The quantitative estimate of drug-likeness (QED) is 0.682. The topological polar surface area (TPSA) is 38.1 Å². The molecule has 1 aromatic rings. The molecule has 0 aliphatic carbocycles. The number of aromatic nitrogens is 1. The molecular weight excluding hydrogens is 184 g/mol. The molecule has 1 rings (SSSR count). The molecule has 0 spiro atoms. The molecule has 0 aliphatic heterocycles. The Kier molecular flexibility index (Phi) is 5.69. The highest BCUT2D eigenvalue weighted by Crippen LogP contribution is 1.99. The maximum Gasteiger partial charge on any atom is 0.150 e. The SMILES string of the molecule is CSCCCCNCc1ccno1. The third-order valence-corrected chi connectivity index (χ3v) is 2.44. The van der Waals surface area contributed by atoms with Crippen molar-refractivity contribution in [1.82, 2.24) is 10.5 Å². The van der Waals surface area contributed by atoms with Gasteiger partial charge in [0.2, 0.25) is 0 Å². The maximum atomic E-state index is 4.94. The first-order valence-electron chi connectivity index (χ1n) is 4.52. The molecule has 0 atom stereocenters. The smallest absolute Gasteiger partial charge is 0.150 e. The van der Waals surface area contributed by atoms with E-state index in [2.05, 4.69) is 16.7 Å². The van der Waals surface area contributed by atoms with Crippen LogP contribution in [0.25, 0.3) is 0 Å². The van der Waals surface area contributed by atoms with Crippen LogP contribution < -0.4 is 5.32 Å². The van der Waals surface area contributed by atoms with Crippen LogP contribution in [-0.2, 0) is 6.54 Å². The zero-order valence-electron chi connectivity index (χ0n) is 7.95. The van der Waals surface area contributed by atoms with Crippen molar-refractivity contribution in [1.29, 1.82) is 0 Å². The first-order chi connectivity index (χ1) is 6.43. The van der Waals surface area contributed by atoms with Gasteiger partial charge in [-0.15, -0.1) is 0 Å². The number of nitrogens with zero attached hydrogens (tertiary/aromatic N) is 1. The van der Waals surface area contributed by atoms with Crippen molar-refractivity contribution in [2.45, 2.75) is 19.4 Å². The van der Waals surface area contributed by atoms with Gasteiger partial charge in [0.25, 0.3) is 0 Å². The van der Waals surface area contributed by atoms with Crippen LogP contribution in [0.1, 0.15) is 18.6 Å². The van der Waals surface area contributed by atoms with Gasteiger partial charge < -0.3 is 9.84 Å². The summed E-state index contributed by atoms with van der Waals surface area (Å²) in [6.07, 6.45) is 6.33. The van der Waals surface area contributed by atoms with Crippen LogP contribution in [0.4, 0.5) is 0 Å². The summed E-state index contributed by atoms with van der Waals surface area (Å²) in [6.45, 7) is 1.85. The number of hydrogen-bond donors (Lipinski definition) is 1. The molecule has 13 heavy (non-hydrogen) atoms. The lowest BCUT2D eigenvalue weighted by Crippen LogP contribution is -2.14. The van der Waals surface area contributed by atoms with Crippen LogP contribution in [0.3, 0.4) is 0 Å². The number of rotatable bonds is 7. The molecule has 0 aromatic carbocycles. The molecular formula is C9H16N2OS. The summed E-state index contributed by atoms with van der Waals surface area (Å²) in [5.74, 6) is 2.16. The van der Waals surface area contributed by atoms with Gasteiger partial charge in [0, 0.05) is 6.07 Å². The second kappa shape index (κ2) is 6.97. The summed E-state index contributed by atoms with van der Waals surface area (Å²) in [5.41, 5.74) is 0. The Morgan fingerprint density at radius 2 is 2.46 bits per heavy atom. The minimum absolute atomic E-state index is 0.791. The van der Waals surface area contributed by atoms with Crippen molar-refractivity contribution in [2.24, 2.45) is 0 Å². The lowest BCUT2D eigenvalue weighted by molar-refractivity contribution is 0.372. The summed E-state index contributed by atoms with van der Waals surface area (Å²) in [4.78, 5) is 0. The van der Waals surface area contributed by atoms with E-state index in [-0.39, 0.29) is 0 Å². The van der Waals surface area contributed by atoms with Crippen molar-refractivity contribution in [3.8, 4) is 0 Å². The van der Waals surface area contributed by atoms with E-state index >= 15 is 0 Å². The molecule has 0 amide bonds. The van der Waals surface area contributed by atoms with Gasteiger partial charge in [0.1, 0.15) is 5.76 Å². The van der Waals surface area contributed by atoms with Crippen molar-refractivity contribution in [3.05, 3.63) is 18.0 Å². The lowest BCUT2D eigenvalue weighted by atomic mass is 10.3. The van der Waals surface area contributed by atoms with Gasteiger partial charge in [0.05, 0.1) is 12.7 Å². The van der Waals surface area contributed by atoms with Gasteiger partial charge in [-0.05, 0) is 31.4 Å². The molecule has 0 aliphatic rings. The fraction of sp³-hybridized carbons (Fsp3) is 0.667. The number of nitrogens with one attached hydrogen (secondary N) is 1. The Bertz CT molecular complexity index is 201. The summed E-state index contributed by atoms with van der Waals surface area (Å²) < 4.78 is 4.94. The predicted octanol–water partition coefficient (Wildman–Crippen LogP) is 1.91. The van der Waals surface area contributed by atoms with E-state index in [0.717, 1.165) is 18.8 Å². The van der Waals surface area contributed by atoms with Crippen molar-refractivity contribution < 1.29 is 4.52 Å². The standard InChI is InChI=1S/C9H16N2OS/c1-13-7-3-2-5-10-8-9-4-6-11-12-9/h4,6,10H,2-3,5,7-8H2,1H3. The van der Waals surface area contributed by atoms with Crippen molar-refractivity contribution >= 4 is 11.8 Å². The average molecular weight is 200 g/mol. The Morgan fingerprint density at radius 3 is 3.15 bits per heavy atom. The Morgan fingerprint density at radius 1 is 1.54 bits per heavy atom. The first-order valence-corrected chi connectivity index (χ1v) is 5.92. The molecule has 3 nitrogen and oxygen atoms in total. The molecule has 0 fully saturated rings. The molecule has 0 bridgehead atoms. The first kappa shape index (κ1) is 10.6. The van der Waals surface area contributed by atoms with Crippen molar-refractivity contribution in [3.63, 3.8) is 0 Å². The minimum Gasteiger partial charge on any atom is -0.360 e. The molecule has 0 unspecified atom stereocenters. The fourth-order valence-corrected chi connectivity index (χ4v) is 1.53. The predicted molar refractivity (Wildman–Crippen MR) is 55.8 cm³/mol. The number of unbranched alkanes of at least 4 members (excludes halogenated alkanes) is 1. The second-order valence-electron chi connectivity index (χ2n) is 2.86. The van der Waals surface area contributed by atoms with Gasteiger partial charge >= 0.3 is 0 Å². The summed E-state index contributed by atoms with van der Waals surface area (Å²) >= 11 is 1.90. The fourth-order valence-electron chi connectivity index (χ4n) is 1.04. The monoisotopic (exact) mass is 200 g/mol. The lowest BCUT2D eigenvalue weighted by Gasteiger charge is -2.00. The highest BCUT2D eigenvalue weighted by atomic mass is 32.2. The Hall–Kier alpha value is -0.480. The third-order valence-electron chi connectivity index (χ3n) is 1.74. The van der Waals surface area contributed by atoms with E-state index in [4.69, 9.17) is 4.52 Å². The summed E-state index contributed by atoms with van der Waals surface area (Å²) in [6, 6.07) is 1.88. The zero-order valence-corrected chi connectivity index (χ0v) is 8.77. The van der Waals surface area contributed by atoms with E-state index in [1.54, 1.807) is 6.20 Å². The molecule has 1 aromatic heterocycles. The highest BCUT2D eigenvalue weighted by Gasteiger charge is 1.94. The van der Waals surface area contributed by atoms with E-state index < -0.39 is 0 Å². The van der Waals surface area contributed by atoms with Gasteiger partial charge in [0.15, 0.2) is 0 Å². The Labute approximate surface area is 83.3 Å².